The van der Waals surface area contributed by atoms with E-state index in [1.165, 1.54) is 6.33 Å². The Morgan fingerprint density at radius 2 is 2.41 bits per heavy atom. The molecule has 1 atom stereocenters. The molecule has 0 aliphatic carbocycles. The summed E-state index contributed by atoms with van der Waals surface area (Å²) in [6.07, 6.45) is 2.16. The van der Waals surface area contributed by atoms with Crippen LogP contribution in [0.4, 0.5) is 11.5 Å². The second-order valence-electron chi connectivity index (χ2n) is 3.95. The van der Waals surface area contributed by atoms with Crippen LogP contribution < -0.4 is 16.0 Å². The van der Waals surface area contributed by atoms with Gasteiger partial charge >= 0.3 is 0 Å². The van der Waals surface area contributed by atoms with Crippen LogP contribution in [0.15, 0.2) is 6.33 Å². The van der Waals surface area contributed by atoms with Gasteiger partial charge in [0.05, 0.1) is 5.92 Å². The van der Waals surface area contributed by atoms with E-state index in [9.17, 15) is 4.79 Å². The molecule has 0 aromatic carbocycles. The van der Waals surface area contributed by atoms with Crippen LogP contribution in [0.1, 0.15) is 6.42 Å². The van der Waals surface area contributed by atoms with Crippen molar-refractivity contribution < 1.29 is 4.79 Å². The maximum Gasteiger partial charge on any atom is 0.222 e. The van der Waals surface area contributed by atoms with Crippen molar-refractivity contribution in [2.24, 2.45) is 11.7 Å². The number of nitrogens with zero attached hydrogens (tertiary/aromatic N) is 3. The maximum absolute atomic E-state index is 11.1. The van der Waals surface area contributed by atoms with Gasteiger partial charge in [0.2, 0.25) is 5.91 Å². The molecule has 1 aliphatic rings. The van der Waals surface area contributed by atoms with Gasteiger partial charge in [0.25, 0.3) is 0 Å². The zero-order chi connectivity index (χ0) is 12.4. The summed E-state index contributed by atoms with van der Waals surface area (Å²) in [4.78, 5) is 21.2. The Kier molecular flexibility index (Phi) is 3.33. The fourth-order valence-electron chi connectivity index (χ4n) is 2.00. The number of carbonyl (C=O) groups is 1. The fourth-order valence-corrected chi connectivity index (χ4v) is 2.22. The van der Waals surface area contributed by atoms with E-state index in [4.69, 9.17) is 17.3 Å². The van der Waals surface area contributed by atoms with E-state index in [2.05, 4.69) is 15.3 Å². The number of rotatable bonds is 3. The summed E-state index contributed by atoms with van der Waals surface area (Å²) in [5.41, 5.74) is 5.98. The Labute approximate surface area is 104 Å². The highest BCUT2D eigenvalue weighted by Gasteiger charge is 2.29. The van der Waals surface area contributed by atoms with Crippen LogP contribution in [-0.2, 0) is 4.79 Å². The van der Waals surface area contributed by atoms with Gasteiger partial charge in [-0.3, -0.25) is 4.79 Å². The number of hydrogen-bond donors (Lipinski definition) is 2. The van der Waals surface area contributed by atoms with Gasteiger partial charge in [0.1, 0.15) is 12.0 Å². The van der Waals surface area contributed by atoms with Gasteiger partial charge in [-0.25, -0.2) is 9.97 Å². The molecule has 1 aromatic rings. The lowest BCUT2D eigenvalue weighted by Gasteiger charge is -2.20. The Morgan fingerprint density at radius 3 is 3.00 bits per heavy atom. The average molecular weight is 256 g/mol. The molecule has 0 radical (unpaired) electrons. The molecular formula is C10H14ClN5O. The van der Waals surface area contributed by atoms with Crippen molar-refractivity contribution in [2.45, 2.75) is 6.42 Å². The van der Waals surface area contributed by atoms with Crippen LogP contribution >= 0.6 is 11.6 Å². The second-order valence-corrected chi connectivity index (χ2v) is 4.31. The summed E-state index contributed by atoms with van der Waals surface area (Å²) >= 11 is 5.97. The maximum atomic E-state index is 11.1. The van der Waals surface area contributed by atoms with Crippen LogP contribution in [0.5, 0.6) is 0 Å². The molecule has 1 amide bonds. The molecule has 7 heteroatoms. The predicted molar refractivity (Wildman–Crippen MR) is 66.1 cm³/mol. The highest BCUT2D eigenvalue weighted by atomic mass is 35.5. The van der Waals surface area contributed by atoms with E-state index in [-0.39, 0.29) is 11.8 Å². The number of anilines is 2. The first-order valence-corrected chi connectivity index (χ1v) is 5.73. The number of primary amides is 1. The van der Waals surface area contributed by atoms with Gasteiger partial charge in [-0.05, 0) is 6.42 Å². The number of nitrogens with one attached hydrogen (secondary N) is 1. The lowest BCUT2D eigenvalue weighted by atomic mass is 10.1. The fraction of sp³-hybridized carbons (Fsp3) is 0.500. The number of nitrogens with two attached hydrogens (primary N) is 1. The number of amides is 1. The Morgan fingerprint density at radius 1 is 1.65 bits per heavy atom. The molecule has 0 saturated carbocycles. The van der Waals surface area contributed by atoms with Gasteiger partial charge in [0.15, 0.2) is 11.0 Å². The Hall–Kier alpha value is -1.56. The normalized spacial score (nSPS) is 19.4. The number of hydrogen-bond acceptors (Lipinski definition) is 5. The minimum Gasteiger partial charge on any atom is -0.383 e. The summed E-state index contributed by atoms with van der Waals surface area (Å²) < 4.78 is 0. The van der Waals surface area contributed by atoms with Crippen LogP contribution in [0.2, 0.25) is 5.15 Å². The van der Waals surface area contributed by atoms with E-state index in [0.29, 0.717) is 17.4 Å². The predicted octanol–water partition coefficient (Wildman–Crippen LogP) is 0.483. The third-order valence-electron chi connectivity index (χ3n) is 2.92. The van der Waals surface area contributed by atoms with E-state index in [0.717, 1.165) is 18.8 Å². The third kappa shape index (κ3) is 2.26. The molecule has 1 aromatic heterocycles. The highest BCUT2D eigenvalue weighted by molar-refractivity contribution is 6.32. The molecule has 1 saturated heterocycles. The SMILES string of the molecule is CNc1c(Cl)ncnc1N1CCC(C(N)=O)C1. The average Bonchev–Trinajstić information content (AvgIpc) is 2.77. The van der Waals surface area contributed by atoms with Gasteiger partial charge < -0.3 is 16.0 Å². The minimum absolute atomic E-state index is 0.117. The smallest absolute Gasteiger partial charge is 0.222 e. The summed E-state index contributed by atoms with van der Waals surface area (Å²) in [6.45, 7) is 1.33. The molecule has 6 nitrogen and oxygen atoms in total. The van der Waals surface area contributed by atoms with Gasteiger partial charge in [-0.2, -0.15) is 0 Å². The van der Waals surface area contributed by atoms with E-state index < -0.39 is 0 Å². The summed E-state index contributed by atoms with van der Waals surface area (Å²) in [7, 11) is 1.76. The number of aromatic nitrogens is 2. The van der Waals surface area contributed by atoms with Gasteiger partial charge in [0, 0.05) is 20.1 Å². The van der Waals surface area contributed by atoms with Gasteiger partial charge in [-0.15, -0.1) is 0 Å². The monoisotopic (exact) mass is 255 g/mol. The molecule has 3 N–H and O–H groups in total. The zero-order valence-electron chi connectivity index (χ0n) is 9.48. The standard InChI is InChI=1S/C10H14ClN5O/c1-13-7-8(11)14-5-15-10(7)16-3-2-6(4-16)9(12)17/h5-6,13H,2-4H2,1H3,(H2,12,17). The van der Waals surface area contributed by atoms with Crippen LogP contribution in [0, 0.1) is 5.92 Å². The first-order chi connectivity index (χ1) is 8.13. The summed E-state index contributed by atoms with van der Waals surface area (Å²) in [5.74, 6) is 0.336. The number of halogens is 1. The topological polar surface area (TPSA) is 84.1 Å². The molecule has 1 unspecified atom stereocenters. The molecule has 1 aliphatic heterocycles. The van der Waals surface area contributed by atoms with Crippen molar-refractivity contribution in [2.75, 3.05) is 30.4 Å². The van der Waals surface area contributed by atoms with Crippen LogP contribution in [0.25, 0.3) is 0 Å². The molecular weight excluding hydrogens is 242 g/mol. The van der Waals surface area contributed by atoms with Gasteiger partial charge in [-0.1, -0.05) is 11.6 Å². The van der Waals surface area contributed by atoms with Crippen molar-refractivity contribution in [3.8, 4) is 0 Å². The molecule has 92 valence electrons. The third-order valence-corrected chi connectivity index (χ3v) is 3.21. The molecule has 2 rings (SSSR count). The quantitative estimate of drug-likeness (QED) is 0.768. The molecule has 0 spiro atoms. The highest BCUT2D eigenvalue weighted by Crippen LogP contribution is 2.31. The molecule has 0 bridgehead atoms. The van der Waals surface area contributed by atoms with E-state index in [1.807, 2.05) is 4.90 Å². The molecule has 1 fully saturated rings. The zero-order valence-corrected chi connectivity index (χ0v) is 10.2. The lowest BCUT2D eigenvalue weighted by molar-refractivity contribution is -0.121. The van der Waals surface area contributed by atoms with Crippen molar-refractivity contribution >= 4 is 29.0 Å². The minimum atomic E-state index is -0.265. The first kappa shape index (κ1) is 11.9. The lowest BCUT2D eigenvalue weighted by Crippen LogP contribution is -2.28. The number of carbonyl (C=O) groups excluding carboxylic acids is 1. The Bertz CT molecular complexity index is 439. The summed E-state index contributed by atoms with van der Waals surface area (Å²) in [5, 5.41) is 3.35. The molecule has 17 heavy (non-hydrogen) atoms. The van der Waals surface area contributed by atoms with E-state index in [1.54, 1.807) is 7.05 Å². The van der Waals surface area contributed by atoms with E-state index >= 15 is 0 Å². The van der Waals surface area contributed by atoms with Crippen molar-refractivity contribution in [1.29, 1.82) is 0 Å². The Balaban J connectivity index is 2.24. The van der Waals surface area contributed by atoms with Crippen LogP contribution in [0.3, 0.4) is 0 Å². The first-order valence-electron chi connectivity index (χ1n) is 5.36. The van der Waals surface area contributed by atoms with Crippen molar-refractivity contribution in [3.05, 3.63) is 11.5 Å². The molecule has 2 heterocycles. The largest absolute Gasteiger partial charge is 0.383 e. The van der Waals surface area contributed by atoms with Crippen molar-refractivity contribution in [3.63, 3.8) is 0 Å². The second kappa shape index (κ2) is 4.75. The summed E-state index contributed by atoms with van der Waals surface area (Å²) in [6, 6.07) is 0. The van der Waals surface area contributed by atoms with Crippen LogP contribution in [-0.4, -0.2) is 36.0 Å². The van der Waals surface area contributed by atoms with Crippen molar-refractivity contribution in [1.82, 2.24) is 9.97 Å².